The molecule has 34 heavy (non-hydrogen) atoms. The number of nitrogen functional groups attached to an aromatic ring is 1. The van der Waals surface area contributed by atoms with Crippen LogP contribution >= 0.6 is 19.3 Å². The van der Waals surface area contributed by atoms with Crippen molar-refractivity contribution in [1.29, 1.82) is 0 Å². The van der Waals surface area contributed by atoms with Crippen molar-refractivity contribution in [1.82, 2.24) is 24.6 Å². The highest BCUT2D eigenvalue weighted by Crippen LogP contribution is 2.52. The SMILES string of the molecule is CC(C)SC(=O)C1(N[P@@](=O)(CO[C@H](C)Cn2cnc3c(N)ncnc32)Oc2ccccc2)CC1. The van der Waals surface area contributed by atoms with E-state index in [-0.39, 0.29) is 22.8 Å². The van der Waals surface area contributed by atoms with E-state index in [1.807, 2.05) is 26.8 Å². The van der Waals surface area contributed by atoms with Crippen LogP contribution in [0.1, 0.15) is 33.6 Å². The molecule has 2 aromatic heterocycles. The van der Waals surface area contributed by atoms with Crippen LogP contribution in [0.3, 0.4) is 0 Å². The van der Waals surface area contributed by atoms with Crippen LogP contribution in [0, 0.1) is 0 Å². The molecule has 3 aromatic rings. The molecule has 0 saturated heterocycles. The molecule has 1 saturated carbocycles. The number of nitrogens with two attached hydrogens (primary N) is 1. The Bertz CT molecular complexity index is 1200. The maximum atomic E-state index is 13.9. The van der Waals surface area contributed by atoms with Crippen molar-refractivity contribution >= 4 is 41.4 Å². The highest BCUT2D eigenvalue weighted by atomic mass is 32.2. The Morgan fingerprint density at radius 2 is 1.97 bits per heavy atom. The number of rotatable bonds is 11. The quantitative estimate of drug-likeness (QED) is 0.371. The lowest BCUT2D eigenvalue weighted by atomic mass is 10.3. The molecule has 182 valence electrons. The van der Waals surface area contributed by atoms with Crippen molar-refractivity contribution in [2.75, 3.05) is 12.1 Å². The highest BCUT2D eigenvalue weighted by molar-refractivity contribution is 8.14. The Labute approximate surface area is 202 Å². The Balaban J connectivity index is 1.47. The van der Waals surface area contributed by atoms with E-state index in [9.17, 15) is 9.36 Å². The molecule has 0 amide bonds. The monoisotopic (exact) mass is 504 g/mol. The van der Waals surface area contributed by atoms with Gasteiger partial charge in [0.2, 0.25) is 5.12 Å². The number of hydrogen-bond donors (Lipinski definition) is 2. The molecule has 10 nitrogen and oxygen atoms in total. The Hall–Kier alpha value is -2.46. The first-order chi connectivity index (χ1) is 16.2. The highest BCUT2D eigenvalue weighted by Gasteiger charge is 2.54. The number of aromatic nitrogens is 4. The first-order valence-electron chi connectivity index (χ1n) is 11.1. The summed E-state index contributed by atoms with van der Waals surface area (Å²) >= 11 is 1.25. The van der Waals surface area contributed by atoms with Crippen molar-refractivity contribution in [3.8, 4) is 5.75 Å². The summed E-state index contributed by atoms with van der Waals surface area (Å²) in [4.78, 5) is 25.3. The summed E-state index contributed by atoms with van der Waals surface area (Å²) in [5.74, 6) is 0.753. The summed E-state index contributed by atoms with van der Waals surface area (Å²) in [6.45, 7) is 6.19. The molecule has 4 rings (SSSR count). The molecule has 0 bridgehead atoms. The zero-order valence-electron chi connectivity index (χ0n) is 19.4. The number of benzene rings is 1. The van der Waals surface area contributed by atoms with Gasteiger partial charge in [-0.3, -0.25) is 9.36 Å². The summed E-state index contributed by atoms with van der Waals surface area (Å²) in [5.41, 5.74) is 6.13. The van der Waals surface area contributed by atoms with Gasteiger partial charge in [0.25, 0.3) is 0 Å². The van der Waals surface area contributed by atoms with Gasteiger partial charge < -0.3 is 19.6 Å². The Morgan fingerprint density at radius 1 is 1.24 bits per heavy atom. The van der Waals surface area contributed by atoms with Gasteiger partial charge in [0.15, 0.2) is 11.5 Å². The van der Waals surface area contributed by atoms with E-state index >= 15 is 0 Å². The molecular formula is C22H29N6O4PS. The van der Waals surface area contributed by atoms with Crippen LogP contribution in [0.4, 0.5) is 5.82 Å². The van der Waals surface area contributed by atoms with E-state index in [1.165, 1.54) is 18.1 Å². The molecular weight excluding hydrogens is 475 g/mol. The third-order valence-electron chi connectivity index (χ3n) is 5.28. The third kappa shape index (κ3) is 5.78. The van der Waals surface area contributed by atoms with Crippen molar-refractivity contribution in [2.24, 2.45) is 0 Å². The molecule has 2 heterocycles. The fraction of sp³-hybridized carbons (Fsp3) is 0.455. The molecule has 3 N–H and O–H groups in total. The Morgan fingerprint density at radius 3 is 2.65 bits per heavy atom. The third-order valence-corrected chi connectivity index (χ3v) is 8.12. The average Bonchev–Trinajstić information content (AvgIpc) is 3.45. The lowest BCUT2D eigenvalue weighted by Crippen LogP contribution is -2.38. The van der Waals surface area contributed by atoms with Crippen LogP contribution in [0.25, 0.3) is 11.2 Å². The largest absolute Gasteiger partial charge is 0.431 e. The number of imidazole rings is 1. The standard InChI is InChI=1S/C22H29N6O4PS/c1-15(2)34-21(29)22(9-10-22)27-33(30,32-17-7-5-4-6-8-17)14-31-16(3)11-28-13-26-18-19(23)24-12-25-20(18)28/h4-8,12-13,15-16H,9-11,14H2,1-3H3,(H,27,30)(H2,23,24,25)/t16-,33-/m1/s1. The predicted molar refractivity (Wildman–Crippen MR) is 133 cm³/mol. The summed E-state index contributed by atoms with van der Waals surface area (Å²) in [6, 6.07) is 8.90. The maximum absolute atomic E-state index is 13.9. The number of ether oxygens (including phenoxy) is 1. The molecule has 1 fully saturated rings. The normalized spacial score (nSPS) is 17.4. The van der Waals surface area contributed by atoms with E-state index in [1.54, 1.807) is 35.2 Å². The smallest absolute Gasteiger partial charge is 0.342 e. The lowest BCUT2D eigenvalue weighted by Gasteiger charge is -2.26. The van der Waals surface area contributed by atoms with Gasteiger partial charge in [-0.05, 0) is 31.9 Å². The summed E-state index contributed by atoms with van der Waals surface area (Å²) in [5, 5.41) is 3.19. The van der Waals surface area contributed by atoms with Gasteiger partial charge in [-0.15, -0.1) is 0 Å². The van der Waals surface area contributed by atoms with Gasteiger partial charge >= 0.3 is 7.52 Å². The van der Waals surface area contributed by atoms with Gasteiger partial charge in [0.05, 0.1) is 24.5 Å². The number of fused-ring (bicyclic) bond motifs is 1. The summed E-state index contributed by atoms with van der Waals surface area (Å²) in [7, 11) is -3.57. The van der Waals surface area contributed by atoms with Gasteiger partial charge in [-0.2, -0.15) is 0 Å². The topological polar surface area (TPSA) is 134 Å². The number of carbonyl (C=O) groups is 1. The zero-order chi connectivity index (χ0) is 24.3. The number of para-hydroxylation sites is 1. The number of thioether (sulfide) groups is 1. The van der Waals surface area contributed by atoms with Crippen LogP contribution in [0.5, 0.6) is 5.75 Å². The number of nitrogens with one attached hydrogen (secondary N) is 1. The fourth-order valence-electron chi connectivity index (χ4n) is 3.46. The van der Waals surface area contributed by atoms with Crippen molar-refractivity contribution in [3.05, 3.63) is 43.0 Å². The Kier molecular flexibility index (Phi) is 7.28. The molecule has 0 aliphatic heterocycles. The van der Waals surface area contributed by atoms with E-state index in [0.29, 0.717) is 42.1 Å². The van der Waals surface area contributed by atoms with Gasteiger partial charge in [-0.1, -0.05) is 43.8 Å². The second-order valence-corrected chi connectivity index (χ2v) is 12.2. The van der Waals surface area contributed by atoms with Gasteiger partial charge in [-0.25, -0.2) is 20.0 Å². The van der Waals surface area contributed by atoms with Crippen molar-refractivity contribution in [3.63, 3.8) is 0 Å². The van der Waals surface area contributed by atoms with E-state index in [2.05, 4.69) is 20.0 Å². The minimum atomic E-state index is -3.57. The molecule has 1 aromatic carbocycles. The average molecular weight is 505 g/mol. The first-order valence-corrected chi connectivity index (χ1v) is 13.8. The van der Waals surface area contributed by atoms with Gasteiger partial charge in [0.1, 0.15) is 23.9 Å². The molecule has 1 aliphatic carbocycles. The van der Waals surface area contributed by atoms with E-state index < -0.39 is 13.1 Å². The zero-order valence-corrected chi connectivity index (χ0v) is 21.1. The van der Waals surface area contributed by atoms with E-state index in [4.69, 9.17) is 15.0 Å². The minimum Gasteiger partial charge on any atom is -0.431 e. The number of hydrogen-bond acceptors (Lipinski definition) is 9. The maximum Gasteiger partial charge on any atom is 0.342 e. The number of carbonyl (C=O) groups excluding carboxylic acids is 1. The molecule has 1 aliphatic rings. The number of nitrogens with zero attached hydrogens (tertiary/aromatic N) is 4. The second kappa shape index (κ2) is 10.0. The summed E-state index contributed by atoms with van der Waals surface area (Å²) < 4.78 is 27.6. The second-order valence-electron chi connectivity index (χ2n) is 8.66. The van der Waals surface area contributed by atoms with Crippen LogP contribution in [-0.4, -0.2) is 47.9 Å². The number of anilines is 1. The van der Waals surface area contributed by atoms with Crippen LogP contribution in [0.15, 0.2) is 43.0 Å². The van der Waals surface area contributed by atoms with Crippen LogP contribution in [0.2, 0.25) is 0 Å². The van der Waals surface area contributed by atoms with Crippen molar-refractivity contribution < 1.29 is 18.6 Å². The molecule has 0 spiro atoms. The molecule has 12 heteroatoms. The van der Waals surface area contributed by atoms with Gasteiger partial charge in [0, 0.05) is 5.25 Å². The van der Waals surface area contributed by atoms with E-state index in [0.717, 1.165) is 0 Å². The van der Waals surface area contributed by atoms with Crippen LogP contribution in [-0.2, 0) is 20.6 Å². The fourth-order valence-corrected chi connectivity index (χ4v) is 6.50. The molecule has 2 atom stereocenters. The summed E-state index contributed by atoms with van der Waals surface area (Å²) in [6.07, 6.45) is 3.69. The first kappa shape index (κ1) is 24.7. The van der Waals surface area contributed by atoms with Crippen molar-refractivity contribution in [2.45, 2.75) is 57.1 Å². The predicted octanol–water partition coefficient (Wildman–Crippen LogP) is 3.83. The minimum absolute atomic E-state index is 0.0189. The lowest BCUT2D eigenvalue weighted by molar-refractivity contribution is -0.113. The molecule has 0 radical (unpaired) electrons. The molecule has 0 unspecified atom stereocenters. The van der Waals surface area contributed by atoms with Crippen LogP contribution < -0.4 is 15.3 Å².